The van der Waals surface area contributed by atoms with Crippen molar-refractivity contribution in [1.82, 2.24) is 9.97 Å². The molecule has 1 N–H and O–H groups in total. The van der Waals surface area contributed by atoms with Crippen LogP contribution in [0.5, 0.6) is 5.75 Å². The van der Waals surface area contributed by atoms with Crippen molar-refractivity contribution in [2.24, 2.45) is 0 Å². The van der Waals surface area contributed by atoms with Crippen molar-refractivity contribution in [2.45, 2.75) is 37.8 Å². The van der Waals surface area contributed by atoms with Gasteiger partial charge in [-0.3, -0.25) is 9.59 Å². The highest BCUT2D eigenvalue weighted by atomic mass is 32.2. The maximum atomic E-state index is 12.7. The zero-order valence-corrected chi connectivity index (χ0v) is 15.5. The van der Waals surface area contributed by atoms with Crippen molar-refractivity contribution in [3.05, 3.63) is 45.4 Å². The third-order valence-corrected chi connectivity index (χ3v) is 5.64. The Bertz CT molecular complexity index is 909. The Hall–Kier alpha value is -2.28. The summed E-state index contributed by atoms with van der Waals surface area (Å²) in [5.41, 5.74) is 3.54. The van der Waals surface area contributed by atoms with E-state index in [0.29, 0.717) is 18.3 Å². The van der Waals surface area contributed by atoms with Crippen molar-refractivity contribution in [2.75, 3.05) is 23.8 Å². The molecule has 1 aliphatic heterocycles. The van der Waals surface area contributed by atoms with Gasteiger partial charge in [0.25, 0.3) is 5.56 Å². The van der Waals surface area contributed by atoms with Gasteiger partial charge in [-0.1, -0.05) is 17.8 Å². The number of amides is 1. The molecule has 26 heavy (non-hydrogen) atoms. The van der Waals surface area contributed by atoms with Gasteiger partial charge < -0.3 is 14.6 Å². The van der Waals surface area contributed by atoms with E-state index < -0.39 is 0 Å². The van der Waals surface area contributed by atoms with E-state index in [-0.39, 0.29) is 17.2 Å². The Morgan fingerprint density at radius 3 is 3.08 bits per heavy atom. The highest BCUT2D eigenvalue weighted by Gasteiger charge is 2.24. The van der Waals surface area contributed by atoms with Crippen LogP contribution in [0.3, 0.4) is 0 Å². The predicted molar refractivity (Wildman–Crippen MR) is 101 cm³/mol. The molecule has 0 radical (unpaired) electrons. The second-order valence-corrected chi connectivity index (χ2v) is 7.62. The van der Waals surface area contributed by atoms with Crippen LogP contribution in [0.2, 0.25) is 0 Å². The van der Waals surface area contributed by atoms with Gasteiger partial charge in [-0.2, -0.15) is 0 Å². The molecule has 0 atom stereocenters. The van der Waals surface area contributed by atoms with Gasteiger partial charge in [0.15, 0.2) is 5.16 Å². The molecule has 1 aliphatic carbocycles. The van der Waals surface area contributed by atoms with Crippen LogP contribution < -0.4 is 15.2 Å². The van der Waals surface area contributed by atoms with E-state index in [1.165, 1.54) is 11.8 Å². The first-order chi connectivity index (χ1) is 12.6. The molecule has 6 nitrogen and oxygen atoms in total. The molecule has 0 saturated heterocycles. The number of anilines is 1. The van der Waals surface area contributed by atoms with Crippen LogP contribution in [0.25, 0.3) is 0 Å². The molecule has 0 fully saturated rings. The molecule has 0 saturated carbocycles. The number of hydrogen-bond donors (Lipinski definition) is 1. The summed E-state index contributed by atoms with van der Waals surface area (Å²) < 4.78 is 5.64. The molecule has 2 aliphatic rings. The van der Waals surface area contributed by atoms with Crippen molar-refractivity contribution < 1.29 is 9.53 Å². The van der Waals surface area contributed by atoms with Crippen LogP contribution in [0, 0.1) is 6.92 Å². The van der Waals surface area contributed by atoms with Crippen LogP contribution >= 0.6 is 11.8 Å². The first kappa shape index (κ1) is 17.1. The number of ether oxygens (including phenoxy) is 1. The van der Waals surface area contributed by atoms with Crippen LogP contribution in [-0.4, -0.2) is 34.8 Å². The number of fused-ring (bicyclic) bond motifs is 2. The number of rotatable bonds is 3. The van der Waals surface area contributed by atoms with E-state index in [9.17, 15) is 9.59 Å². The number of thioether (sulfide) groups is 1. The number of aromatic amines is 1. The number of H-pyrrole nitrogens is 1. The van der Waals surface area contributed by atoms with Gasteiger partial charge in [0.2, 0.25) is 5.91 Å². The van der Waals surface area contributed by atoms with E-state index in [4.69, 9.17) is 4.74 Å². The molecule has 4 rings (SSSR count). The summed E-state index contributed by atoms with van der Waals surface area (Å²) in [6.45, 7) is 3.01. The average Bonchev–Trinajstić information content (AvgIpc) is 2.65. The Balaban J connectivity index is 1.49. The molecular formula is C19H21N3O3S. The van der Waals surface area contributed by atoms with Crippen molar-refractivity contribution in [1.29, 1.82) is 0 Å². The number of aryl methyl sites for hydroxylation is 2. The molecule has 136 valence electrons. The summed E-state index contributed by atoms with van der Waals surface area (Å²) in [7, 11) is 0. The Kier molecular flexibility index (Phi) is 4.72. The molecule has 0 spiro atoms. The quantitative estimate of drug-likeness (QED) is 0.663. The highest BCUT2D eigenvalue weighted by Crippen LogP contribution is 2.33. The van der Waals surface area contributed by atoms with Gasteiger partial charge in [0, 0.05) is 5.56 Å². The zero-order valence-electron chi connectivity index (χ0n) is 14.7. The Morgan fingerprint density at radius 2 is 2.19 bits per heavy atom. The molecule has 1 aromatic carbocycles. The second-order valence-electron chi connectivity index (χ2n) is 6.66. The molecule has 0 unspecified atom stereocenters. The lowest BCUT2D eigenvalue weighted by molar-refractivity contribution is -0.116. The molecule has 1 aromatic heterocycles. The monoisotopic (exact) mass is 371 g/mol. The summed E-state index contributed by atoms with van der Waals surface area (Å²) in [5.74, 6) is 0.959. The topological polar surface area (TPSA) is 75.3 Å². The van der Waals surface area contributed by atoms with E-state index >= 15 is 0 Å². The lowest BCUT2D eigenvalue weighted by atomic mass is 9.97. The minimum atomic E-state index is -0.0583. The normalized spacial score (nSPS) is 15.8. The number of aromatic nitrogens is 2. The summed E-state index contributed by atoms with van der Waals surface area (Å²) in [4.78, 5) is 34.1. The number of hydrogen-bond acceptors (Lipinski definition) is 5. The maximum Gasteiger partial charge on any atom is 0.254 e. The fourth-order valence-electron chi connectivity index (χ4n) is 3.44. The van der Waals surface area contributed by atoms with Gasteiger partial charge in [-0.15, -0.1) is 0 Å². The van der Waals surface area contributed by atoms with Gasteiger partial charge in [0.1, 0.15) is 12.4 Å². The second kappa shape index (κ2) is 7.15. The molecule has 7 heteroatoms. The van der Waals surface area contributed by atoms with Crippen LogP contribution in [0.4, 0.5) is 5.69 Å². The fraction of sp³-hybridized carbons (Fsp3) is 0.421. The number of carbonyl (C=O) groups excluding carboxylic acids is 1. The van der Waals surface area contributed by atoms with Crippen LogP contribution in [0.1, 0.15) is 29.7 Å². The summed E-state index contributed by atoms with van der Waals surface area (Å²) >= 11 is 1.29. The molecular weight excluding hydrogens is 350 g/mol. The first-order valence-electron chi connectivity index (χ1n) is 8.90. The first-order valence-corrected chi connectivity index (χ1v) is 9.89. The van der Waals surface area contributed by atoms with Crippen molar-refractivity contribution in [3.8, 4) is 5.75 Å². The minimum Gasteiger partial charge on any atom is -0.490 e. The highest BCUT2D eigenvalue weighted by molar-refractivity contribution is 7.99. The summed E-state index contributed by atoms with van der Waals surface area (Å²) in [6.07, 6.45) is 3.75. The maximum absolute atomic E-state index is 12.7. The molecule has 2 aromatic rings. The SMILES string of the molecule is Cc1ccc2c(c1)N(C(=O)CSc1nc3c(c(=O)[nH]1)CCCC3)CCO2. The molecule has 1 amide bonds. The lowest BCUT2D eigenvalue weighted by Crippen LogP contribution is -2.39. The van der Waals surface area contributed by atoms with Gasteiger partial charge >= 0.3 is 0 Å². The van der Waals surface area contributed by atoms with Gasteiger partial charge in [-0.25, -0.2) is 4.98 Å². The van der Waals surface area contributed by atoms with E-state index in [1.54, 1.807) is 4.90 Å². The largest absolute Gasteiger partial charge is 0.490 e. The molecule has 2 heterocycles. The predicted octanol–water partition coefficient (Wildman–Crippen LogP) is 2.47. The fourth-order valence-corrected chi connectivity index (χ4v) is 4.20. The van der Waals surface area contributed by atoms with Crippen molar-refractivity contribution >= 4 is 23.4 Å². The Morgan fingerprint density at radius 1 is 1.35 bits per heavy atom. The van der Waals surface area contributed by atoms with Crippen molar-refractivity contribution in [3.63, 3.8) is 0 Å². The number of nitrogens with one attached hydrogen (secondary N) is 1. The third-order valence-electron chi connectivity index (χ3n) is 4.78. The van der Waals surface area contributed by atoms with Gasteiger partial charge in [0.05, 0.1) is 23.7 Å². The van der Waals surface area contributed by atoms with E-state index in [0.717, 1.165) is 53.9 Å². The average molecular weight is 371 g/mol. The van der Waals surface area contributed by atoms with Crippen LogP contribution in [-0.2, 0) is 17.6 Å². The smallest absolute Gasteiger partial charge is 0.254 e. The summed E-state index contributed by atoms with van der Waals surface area (Å²) in [6, 6.07) is 5.85. The number of carbonyl (C=O) groups is 1. The van der Waals surface area contributed by atoms with E-state index in [2.05, 4.69) is 9.97 Å². The number of benzene rings is 1. The lowest BCUT2D eigenvalue weighted by Gasteiger charge is -2.29. The van der Waals surface area contributed by atoms with Crippen LogP contribution in [0.15, 0.2) is 28.2 Å². The number of nitrogens with zero attached hydrogens (tertiary/aromatic N) is 2. The molecule has 0 bridgehead atoms. The third kappa shape index (κ3) is 3.35. The van der Waals surface area contributed by atoms with Gasteiger partial charge in [-0.05, 0) is 50.3 Å². The zero-order chi connectivity index (χ0) is 18.1. The standard InChI is InChI=1S/C19H21N3O3S/c1-12-6-7-16-15(10-12)22(8-9-25-16)17(23)11-26-19-20-14-5-3-2-4-13(14)18(24)21-19/h6-7,10H,2-5,8-9,11H2,1H3,(H,20,21,24). The van der Waals surface area contributed by atoms with E-state index in [1.807, 2.05) is 25.1 Å². The minimum absolute atomic E-state index is 0.00878. The summed E-state index contributed by atoms with van der Waals surface area (Å²) in [5, 5.41) is 0.529. The Labute approximate surface area is 156 Å².